The number of nitrogens with zero attached hydrogens (tertiary/aromatic N) is 3. The lowest BCUT2D eigenvalue weighted by Gasteiger charge is -2.22. The van der Waals surface area contributed by atoms with Gasteiger partial charge >= 0.3 is 0 Å². The van der Waals surface area contributed by atoms with Crippen LogP contribution in [-0.2, 0) is 0 Å². The lowest BCUT2D eigenvalue weighted by molar-refractivity contribution is 1.18. The number of para-hydroxylation sites is 3. The summed E-state index contributed by atoms with van der Waals surface area (Å²) in [6.07, 6.45) is 0. The number of hydrogen-bond acceptors (Lipinski definition) is 2. The summed E-state index contributed by atoms with van der Waals surface area (Å²) in [7, 11) is 0. The molecule has 0 radical (unpaired) electrons. The van der Waals surface area contributed by atoms with Gasteiger partial charge in [-0.05, 0) is 103 Å². The van der Waals surface area contributed by atoms with Crippen LogP contribution in [0.3, 0.4) is 0 Å². The van der Waals surface area contributed by atoms with E-state index in [4.69, 9.17) is 9.97 Å². The maximum Gasteiger partial charge on any atom is 0.160 e. The van der Waals surface area contributed by atoms with Crippen molar-refractivity contribution >= 4 is 32.7 Å². The van der Waals surface area contributed by atoms with Crippen molar-refractivity contribution in [2.75, 3.05) is 0 Å². The van der Waals surface area contributed by atoms with Gasteiger partial charge in [0.15, 0.2) is 5.82 Å². The van der Waals surface area contributed by atoms with Crippen molar-refractivity contribution in [1.29, 1.82) is 0 Å². The van der Waals surface area contributed by atoms with Crippen LogP contribution >= 0.6 is 0 Å². The summed E-state index contributed by atoms with van der Waals surface area (Å²) in [6, 6.07) is 53.9. The summed E-state index contributed by atoms with van der Waals surface area (Å²) in [5.74, 6) is 0.736. The Morgan fingerprint density at radius 2 is 0.824 bits per heavy atom. The van der Waals surface area contributed by atoms with Crippen molar-refractivity contribution in [3.05, 3.63) is 174 Å². The Morgan fingerprint density at radius 1 is 0.373 bits per heavy atom. The highest BCUT2D eigenvalue weighted by molar-refractivity contribution is 6.09. The highest BCUT2D eigenvalue weighted by Crippen LogP contribution is 2.40. The van der Waals surface area contributed by atoms with Crippen LogP contribution in [-0.4, -0.2) is 14.5 Å². The number of aromatic nitrogens is 3. The smallest absolute Gasteiger partial charge is 0.160 e. The summed E-state index contributed by atoms with van der Waals surface area (Å²) >= 11 is 0. The Hall–Kier alpha value is -6.32. The summed E-state index contributed by atoms with van der Waals surface area (Å²) in [6.45, 7) is 9.06. The Labute approximate surface area is 298 Å². The van der Waals surface area contributed by atoms with E-state index in [9.17, 15) is 0 Å². The van der Waals surface area contributed by atoms with Gasteiger partial charge < -0.3 is 4.57 Å². The molecule has 0 amide bonds. The Balaban J connectivity index is 1.08. The molecular weight excluding hydrogens is 619 g/mol. The van der Waals surface area contributed by atoms with Crippen molar-refractivity contribution in [2.24, 2.45) is 0 Å². The molecule has 0 spiro atoms. The van der Waals surface area contributed by atoms with E-state index in [2.05, 4.69) is 172 Å². The molecule has 3 heteroatoms. The minimum Gasteiger partial charge on any atom is -0.309 e. The van der Waals surface area contributed by atoms with E-state index in [-0.39, 0.29) is 0 Å². The average molecular weight is 656 g/mol. The van der Waals surface area contributed by atoms with Gasteiger partial charge in [-0.3, -0.25) is 0 Å². The third kappa shape index (κ3) is 5.04. The summed E-state index contributed by atoms with van der Waals surface area (Å²) in [5, 5.41) is 3.61. The van der Waals surface area contributed by atoms with Crippen molar-refractivity contribution in [2.45, 2.75) is 27.7 Å². The van der Waals surface area contributed by atoms with Crippen LogP contribution in [0.1, 0.15) is 22.3 Å². The first-order valence-electron chi connectivity index (χ1n) is 17.6. The summed E-state index contributed by atoms with van der Waals surface area (Å²) in [4.78, 5) is 10.1. The normalized spacial score (nSPS) is 11.5. The van der Waals surface area contributed by atoms with Gasteiger partial charge in [-0.2, -0.15) is 0 Å². The monoisotopic (exact) mass is 655 g/mol. The summed E-state index contributed by atoms with van der Waals surface area (Å²) in [5.41, 5.74) is 17.9. The van der Waals surface area contributed by atoms with Crippen LogP contribution in [0.15, 0.2) is 152 Å². The van der Waals surface area contributed by atoms with Gasteiger partial charge in [0.25, 0.3) is 0 Å². The molecule has 9 rings (SSSR count). The zero-order valence-electron chi connectivity index (χ0n) is 29.3. The first-order chi connectivity index (χ1) is 25.0. The SMILES string of the molecule is Cc1c(C)c(-c2ccc(-n3c4ccccc4c4ccccc43)cc2)c(C)c(C)c1-c1ccc(-c2nc(-c3ccccc3)c3ccccc3n2)cc1. The molecule has 244 valence electrons. The van der Waals surface area contributed by atoms with Gasteiger partial charge in [-0.15, -0.1) is 0 Å². The fraction of sp³-hybridized carbons (Fsp3) is 0.0833. The molecule has 0 unspecified atom stereocenters. The van der Waals surface area contributed by atoms with Crippen LogP contribution in [0.5, 0.6) is 0 Å². The lowest BCUT2D eigenvalue weighted by atomic mass is 9.83. The van der Waals surface area contributed by atoms with E-state index >= 15 is 0 Å². The number of benzene rings is 7. The van der Waals surface area contributed by atoms with Crippen LogP contribution in [0.2, 0.25) is 0 Å². The van der Waals surface area contributed by atoms with Gasteiger partial charge in [-0.1, -0.05) is 121 Å². The molecule has 2 heterocycles. The molecule has 0 bridgehead atoms. The van der Waals surface area contributed by atoms with Gasteiger partial charge in [0.2, 0.25) is 0 Å². The van der Waals surface area contributed by atoms with Crippen molar-refractivity contribution < 1.29 is 0 Å². The second kappa shape index (κ2) is 12.2. The quantitative estimate of drug-likeness (QED) is 0.185. The molecule has 0 atom stereocenters. The molecule has 0 aliphatic heterocycles. The van der Waals surface area contributed by atoms with E-state index < -0.39 is 0 Å². The topological polar surface area (TPSA) is 30.7 Å². The predicted octanol–water partition coefficient (Wildman–Crippen LogP) is 12.6. The molecule has 51 heavy (non-hydrogen) atoms. The first kappa shape index (κ1) is 30.7. The molecule has 0 N–H and O–H groups in total. The molecule has 0 fully saturated rings. The van der Waals surface area contributed by atoms with E-state index in [1.165, 1.54) is 72.0 Å². The number of fused-ring (bicyclic) bond motifs is 4. The van der Waals surface area contributed by atoms with E-state index in [1.807, 2.05) is 12.1 Å². The molecule has 2 aromatic heterocycles. The van der Waals surface area contributed by atoms with E-state index in [1.54, 1.807) is 0 Å². The molecule has 0 saturated heterocycles. The second-order valence-electron chi connectivity index (χ2n) is 13.5. The van der Waals surface area contributed by atoms with Crippen molar-refractivity contribution in [1.82, 2.24) is 14.5 Å². The van der Waals surface area contributed by atoms with Crippen LogP contribution < -0.4 is 0 Å². The molecular formula is C48H37N3. The number of rotatable bonds is 5. The number of hydrogen-bond donors (Lipinski definition) is 0. The van der Waals surface area contributed by atoms with Crippen molar-refractivity contribution in [3.8, 4) is 50.6 Å². The first-order valence-corrected chi connectivity index (χ1v) is 17.6. The van der Waals surface area contributed by atoms with Gasteiger partial charge in [0, 0.05) is 33.0 Å². The zero-order chi connectivity index (χ0) is 34.6. The van der Waals surface area contributed by atoms with E-state index in [0.717, 1.165) is 33.5 Å². The minimum absolute atomic E-state index is 0.736. The molecule has 9 aromatic rings. The van der Waals surface area contributed by atoms with Crippen molar-refractivity contribution in [3.63, 3.8) is 0 Å². The average Bonchev–Trinajstić information content (AvgIpc) is 3.52. The molecule has 3 nitrogen and oxygen atoms in total. The fourth-order valence-corrected chi connectivity index (χ4v) is 7.96. The highest BCUT2D eigenvalue weighted by Gasteiger charge is 2.19. The largest absolute Gasteiger partial charge is 0.309 e. The van der Waals surface area contributed by atoms with Crippen LogP contribution in [0, 0.1) is 27.7 Å². The fourth-order valence-electron chi connectivity index (χ4n) is 7.96. The van der Waals surface area contributed by atoms with Gasteiger partial charge in [-0.25, -0.2) is 9.97 Å². The predicted molar refractivity (Wildman–Crippen MR) is 215 cm³/mol. The minimum atomic E-state index is 0.736. The molecule has 0 saturated carbocycles. The third-order valence-corrected chi connectivity index (χ3v) is 10.7. The Morgan fingerprint density at radius 3 is 1.39 bits per heavy atom. The highest BCUT2D eigenvalue weighted by atomic mass is 15.0. The van der Waals surface area contributed by atoms with Crippen LogP contribution in [0.4, 0.5) is 0 Å². The maximum absolute atomic E-state index is 5.09. The second-order valence-corrected chi connectivity index (χ2v) is 13.5. The van der Waals surface area contributed by atoms with Gasteiger partial charge in [0.05, 0.1) is 22.2 Å². The molecule has 7 aromatic carbocycles. The Bertz CT molecular complexity index is 2670. The van der Waals surface area contributed by atoms with E-state index in [0.29, 0.717) is 0 Å². The third-order valence-electron chi connectivity index (χ3n) is 10.7. The maximum atomic E-state index is 5.09. The standard InChI is InChI=1S/C48H37N3/c1-30-32(3)46(35-26-28-38(29-27-35)51-43-20-12-9-16-39(43)40-17-10-13-21-44(40)51)33(4)31(2)45(30)34-22-24-37(25-23-34)48-49-42-19-11-8-18-41(42)47(50-48)36-14-6-5-7-15-36/h5-29H,1-4H3. The zero-order valence-corrected chi connectivity index (χ0v) is 29.3. The Kier molecular flexibility index (Phi) is 7.36. The molecule has 0 aliphatic rings. The molecule has 0 aliphatic carbocycles. The lowest BCUT2D eigenvalue weighted by Crippen LogP contribution is -2.01. The summed E-state index contributed by atoms with van der Waals surface area (Å²) < 4.78 is 2.38. The van der Waals surface area contributed by atoms with Gasteiger partial charge in [0.1, 0.15) is 0 Å². The van der Waals surface area contributed by atoms with Crippen LogP contribution in [0.25, 0.3) is 83.3 Å².